The van der Waals surface area contributed by atoms with Gasteiger partial charge >= 0.3 is 12.8 Å². The van der Waals surface area contributed by atoms with Gasteiger partial charge in [-0.2, -0.15) is 27.2 Å². The van der Waals surface area contributed by atoms with Crippen LogP contribution in [-0.4, -0.2) is 48.5 Å². The SMILES string of the molecule is CC1(C)CC2(C=C(C#N)C1=O)CN(C(=O)c1ccc(C(F)(F)F)cc1OC(F)F)CCO2. The maximum Gasteiger partial charge on any atom is 0.416 e. The van der Waals surface area contributed by atoms with E-state index in [4.69, 9.17) is 4.74 Å². The van der Waals surface area contributed by atoms with Crippen molar-refractivity contribution in [3.05, 3.63) is 41.0 Å². The van der Waals surface area contributed by atoms with Crippen molar-refractivity contribution in [2.75, 3.05) is 19.7 Å². The summed E-state index contributed by atoms with van der Waals surface area (Å²) in [5, 5.41) is 9.32. The van der Waals surface area contributed by atoms with E-state index in [0.29, 0.717) is 12.1 Å². The molecule has 0 saturated carbocycles. The number of allylic oxidation sites excluding steroid dienone is 1. The van der Waals surface area contributed by atoms with Crippen LogP contribution in [0.5, 0.6) is 5.75 Å². The molecule has 0 aromatic heterocycles. The molecule has 1 amide bonds. The number of ether oxygens (including phenoxy) is 2. The summed E-state index contributed by atoms with van der Waals surface area (Å²) in [6, 6.07) is 3.58. The average molecular weight is 458 g/mol. The Balaban J connectivity index is 1.96. The molecule has 6 nitrogen and oxygen atoms in total. The fourth-order valence-corrected chi connectivity index (χ4v) is 4.07. The van der Waals surface area contributed by atoms with Crippen molar-refractivity contribution < 1.29 is 41.0 Å². The number of Topliss-reactive ketones (excluding diaryl/α,β-unsaturated/α-hetero) is 1. The van der Waals surface area contributed by atoms with E-state index in [0.717, 1.165) is 6.07 Å². The summed E-state index contributed by atoms with van der Waals surface area (Å²) in [4.78, 5) is 26.7. The quantitative estimate of drug-likeness (QED) is 0.641. The lowest BCUT2D eigenvalue weighted by Crippen LogP contribution is -2.57. The van der Waals surface area contributed by atoms with Crippen molar-refractivity contribution in [1.82, 2.24) is 4.90 Å². The van der Waals surface area contributed by atoms with Gasteiger partial charge in [0.15, 0.2) is 5.78 Å². The molecule has 172 valence electrons. The summed E-state index contributed by atoms with van der Waals surface area (Å²) in [6.45, 7) is -0.252. The largest absolute Gasteiger partial charge is 0.434 e. The van der Waals surface area contributed by atoms with Crippen molar-refractivity contribution in [1.29, 1.82) is 5.26 Å². The first-order valence-corrected chi connectivity index (χ1v) is 9.55. The van der Waals surface area contributed by atoms with Gasteiger partial charge in [-0.1, -0.05) is 13.8 Å². The number of carbonyl (C=O) groups excluding carboxylic acids is 2. The molecule has 1 aliphatic heterocycles. The maximum atomic E-state index is 13.1. The molecular weight excluding hydrogens is 439 g/mol. The molecule has 1 atom stereocenters. The fraction of sp³-hybridized carbons (Fsp3) is 0.476. The molecule has 1 aromatic carbocycles. The van der Waals surface area contributed by atoms with Crippen LogP contribution in [0.2, 0.25) is 0 Å². The molecule has 3 rings (SSSR count). The van der Waals surface area contributed by atoms with Gasteiger partial charge in [-0.15, -0.1) is 0 Å². The van der Waals surface area contributed by atoms with Crippen molar-refractivity contribution in [2.24, 2.45) is 5.41 Å². The minimum atomic E-state index is -4.82. The van der Waals surface area contributed by atoms with Gasteiger partial charge in [0.25, 0.3) is 5.91 Å². The van der Waals surface area contributed by atoms with Crippen LogP contribution in [0.1, 0.15) is 36.2 Å². The Hall–Kier alpha value is -3.00. The van der Waals surface area contributed by atoms with Crippen molar-refractivity contribution in [3.63, 3.8) is 0 Å². The van der Waals surface area contributed by atoms with Gasteiger partial charge in [-0.25, -0.2) is 0 Å². The summed E-state index contributed by atoms with van der Waals surface area (Å²) in [7, 11) is 0. The summed E-state index contributed by atoms with van der Waals surface area (Å²) >= 11 is 0. The number of nitriles is 1. The highest BCUT2D eigenvalue weighted by atomic mass is 19.4. The zero-order valence-corrected chi connectivity index (χ0v) is 17.1. The number of amides is 1. The smallest absolute Gasteiger partial charge is 0.416 e. The van der Waals surface area contributed by atoms with E-state index in [1.165, 1.54) is 11.0 Å². The third-order valence-corrected chi connectivity index (χ3v) is 5.38. The van der Waals surface area contributed by atoms with Gasteiger partial charge in [0, 0.05) is 12.0 Å². The van der Waals surface area contributed by atoms with Crippen LogP contribution in [0, 0.1) is 16.7 Å². The summed E-state index contributed by atoms with van der Waals surface area (Å²) in [5.74, 6) is -2.10. The molecular formula is C21H19F5N2O4. The standard InChI is InChI=1S/C21H19F5N2O4/c1-19(2)10-20(8-12(9-27)16(19)29)11-28(5-6-31-20)17(30)14-4-3-13(21(24,25)26)7-15(14)32-18(22)23/h3-4,7-8,18H,5-6,10-11H2,1-2H3. The maximum absolute atomic E-state index is 13.1. The van der Waals surface area contributed by atoms with Gasteiger partial charge in [-0.3, -0.25) is 9.59 Å². The number of hydrogen-bond acceptors (Lipinski definition) is 5. The van der Waals surface area contributed by atoms with Crippen LogP contribution in [0.3, 0.4) is 0 Å². The zero-order chi connectivity index (χ0) is 23.9. The van der Waals surface area contributed by atoms with Crippen molar-refractivity contribution in [3.8, 4) is 11.8 Å². The second-order valence-corrected chi connectivity index (χ2v) is 8.29. The molecule has 0 N–H and O–H groups in total. The normalized spacial score (nSPS) is 23.2. The van der Waals surface area contributed by atoms with E-state index in [9.17, 15) is 36.8 Å². The Morgan fingerprint density at radius 1 is 1.31 bits per heavy atom. The van der Waals surface area contributed by atoms with Crippen LogP contribution in [-0.2, 0) is 15.7 Å². The highest BCUT2D eigenvalue weighted by molar-refractivity contribution is 6.04. The van der Waals surface area contributed by atoms with Gasteiger partial charge in [0.1, 0.15) is 17.4 Å². The third-order valence-electron chi connectivity index (χ3n) is 5.38. The Labute approximate surface area is 180 Å². The Bertz CT molecular complexity index is 1010. The predicted molar refractivity (Wildman–Crippen MR) is 99.8 cm³/mol. The second kappa shape index (κ2) is 8.16. The molecule has 0 bridgehead atoms. The topological polar surface area (TPSA) is 79.6 Å². The summed E-state index contributed by atoms with van der Waals surface area (Å²) < 4.78 is 74.6. The predicted octanol–water partition coefficient (Wildman–Crippen LogP) is 3.97. The molecule has 0 radical (unpaired) electrons. The first-order chi connectivity index (χ1) is 14.8. The minimum Gasteiger partial charge on any atom is -0.434 e. The third kappa shape index (κ3) is 4.60. The number of halogens is 5. The summed E-state index contributed by atoms with van der Waals surface area (Å²) in [6.07, 6.45) is -3.31. The molecule has 1 aliphatic carbocycles. The van der Waals surface area contributed by atoms with E-state index >= 15 is 0 Å². The van der Waals surface area contributed by atoms with Crippen LogP contribution in [0.25, 0.3) is 0 Å². The number of alkyl halides is 5. The second-order valence-electron chi connectivity index (χ2n) is 8.29. The molecule has 1 fully saturated rings. The summed E-state index contributed by atoms with van der Waals surface area (Å²) in [5.41, 5.74) is -3.95. The monoisotopic (exact) mass is 458 g/mol. The van der Waals surface area contributed by atoms with E-state index in [-0.39, 0.29) is 37.5 Å². The van der Waals surface area contributed by atoms with Crippen LogP contribution >= 0.6 is 0 Å². The van der Waals surface area contributed by atoms with E-state index in [1.807, 2.05) is 6.07 Å². The first-order valence-electron chi connectivity index (χ1n) is 9.55. The van der Waals surface area contributed by atoms with E-state index < -0.39 is 46.6 Å². The molecule has 1 aromatic rings. The molecule has 32 heavy (non-hydrogen) atoms. The molecule has 1 spiro atoms. The molecule has 1 heterocycles. The lowest BCUT2D eigenvalue weighted by molar-refractivity contribution is -0.138. The van der Waals surface area contributed by atoms with Gasteiger partial charge < -0.3 is 14.4 Å². The fourth-order valence-electron chi connectivity index (χ4n) is 4.07. The lowest BCUT2D eigenvalue weighted by atomic mass is 9.69. The van der Waals surface area contributed by atoms with E-state index in [1.54, 1.807) is 13.8 Å². The molecule has 1 unspecified atom stereocenters. The van der Waals surface area contributed by atoms with Crippen LogP contribution in [0.15, 0.2) is 29.8 Å². The van der Waals surface area contributed by atoms with Crippen molar-refractivity contribution in [2.45, 2.75) is 38.7 Å². The molecule has 11 heteroatoms. The van der Waals surface area contributed by atoms with Crippen molar-refractivity contribution >= 4 is 11.7 Å². The highest BCUT2D eigenvalue weighted by Crippen LogP contribution is 2.42. The number of morpholine rings is 1. The number of ketones is 1. The number of rotatable bonds is 3. The lowest BCUT2D eigenvalue weighted by Gasteiger charge is -2.46. The number of nitrogens with zero attached hydrogens (tertiary/aromatic N) is 2. The highest BCUT2D eigenvalue weighted by Gasteiger charge is 2.49. The minimum absolute atomic E-state index is 0.0108. The number of carbonyl (C=O) groups is 2. The zero-order valence-electron chi connectivity index (χ0n) is 17.1. The van der Waals surface area contributed by atoms with Gasteiger partial charge in [0.2, 0.25) is 0 Å². The molecule has 1 saturated heterocycles. The van der Waals surface area contributed by atoms with Gasteiger partial charge in [0.05, 0.1) is 29.9 Å². The Morgan fingerprint density at radius 2 is 2.00 bits per heavy atom. The van der Waals surface area contributed by atoms with Gasteiger partial charge in [-0.05, 0) is 30.7 Å². The average Bonchev–Trinajstić information content (AvgIpc) is 2.69. The Kier molecular flexibility index (Phi) is 6.04. The number of hydrogen-bond donors (Lipinski definition) is 0. The Morgan fingerprint density at radius 3 is 2.59 bits per heavy atom. The van der Waals surface area contributed by atoms with E-state index in [2.05, 4.69) is 4.74 Å². The molecule has 2 aliphatic rings. The van der Waals surface area contributed by atoms with Crippen LogP contribution in [0.4, 0.5) is 22.0 Å². The first kappa shape index (κ1) is 23.7. The number of benzene rings is 1. The van der Waals surface area contributed by atoms with Crippen LogP contribution < -0.4 is 4.74 Å².